The zero-order valence-corrected chi connectivity index (χ0v) is 21.9. The fraction of sp³-hybridized carbons (Fsp3) is 0.292. The summed E-state index contributed by atoms with van der Waals surface area (Å²) in [4.78, 5) is 32.9. The van der Waals surface area contributed by atoms with E-state index in [1.165, 1.54) is 7.11 Å². The first-order valence-electron chi connectivity index (χ1n) is 10.4. The molecule has 1 heterocycles. The van der Waals surface area contributed by atoms with Gasteiger partial charge in [-0.15, -0.1) is 0 Å². The summed E-state index contributed by atoms with van der Waals surface area (Å²) in [6.45, 7) is 3.67. The number of hydrogen-bond acceptors (Lipinski definition) is 6. The van der Waals surface area contributed by atoms with Gasteiger partial charge in [-0.1, -0.05) is 45.7 Å². The van der Waals surface area contributed by atoms with E-state index in [1.807, 2.05) is 30.3 Å². The molecular formula is C24H26BrClN4O4. The van der Waals surface area contributed by atoms with Gasteiger partial charge in [-0.3, -0.25) is 9.36 Å². The molecule has 0 bridgehead atoms. The highest BCUT2D eigenvalue weighted by atomic mass is 79.9. The maximum atomic E-state index is 13.5. The third-order valence-electron chi connectivity index (χ3n) is 4.74. The average molecular weight is 550 g/mol. The van der Waals surface area contributed by atoms with Gasteiger partial charge in [-0.25, -0.2) is 4.79 Å². The SMILES string of the molecule is COCC(C)(C)OC(=O)c1c(NC(=O)c2ccc(Br)cc2Cl)nc(N(C)C)n1-c1ccccc1. The van der Waals surface area contributed by atoms with Crippen molar-refractivity contribution in [2.45, 2.75) is 19.4 Å². The van der Waals surface area contributed by atoms with E-state index < -0.39 is 17.5 Å². The summed E-state index contributed by atoms with van der Waals surface area (Å²) in [5.41, 5.74) is 0.0780. The minimum absolute atomic E-state index is 0.0507. The van der Waals surface area contributed by atoms with Crippen LogP contribution in [0.1, 0.15) is 34.7 Å². The first-order valence-corrected chi connectivity index (χ1v) is 11.6. The molecule has 2 aromatic carbocycles. The number of ether oxygens (including phenoxy) is 2. The second-order valence-electron chi connectivity index (χ2n) is 8.33. The minimum atomic E-state index is -0.911. The van der Waals surface area contributed by atoms with Crippen LogP contribution in [0.25, 0.3) is 5.69 Å². The number of benzene rings is 2. The van der Waals surface area contributed by atoms with Gasteiger partial charge in [0.25, 0.3) is 5.91 Å². The quantitative estimate of drug-likeness (QED) is 0.389. The number of rotatable bonds is 8. The summed E-state index contributed by atoms with van der Waals surface area (Å²) < 4.78 is 13.3. The van der Waals surface area contributed by atoms with Crippen LogP contribution in [-0.2, 0) is 9.47 Å². The number of imidazole rings is 1. The van der Waals surface area contributed by atoms with Crippen LogP contribution in [0.4, 0.5) is 11.8 Å². The Labute approximate surface area is 211 Å². The van der Waals surface area contributed by atoms with Crippen molar-refractivity contribution in [3.05, 3.63) is 69.3 Å². The molecular weight excluding hydrogens is 524 g/mol. The van der Waals surface area contributed by atoms with Crippen molar-refractivity contribution in [2.24, 2.45) is 0 Å². The van der Waals surface area contributed by atoms with E-state index in [2.05, 4.69) is 26.2 Å². The lowest BCUT2D eigenvalue weighted by Gasteiger charge is -2.25. The normalized spacial score (nSPS) is 11.3. The van der Waals surface area contributed by atoms with E-state index in [0.29, 0.717) is 11.6 Å². The molecule has 1 aromatic heterocycles. The molecule has 0 aliphatic carbocycles. The van der Waals surface area contributed by atoms with Crippen LogP contribution >= 0.6 is 27.5 Å². The Hall–Kier alpha value is -2.88. The van der Waals surface area contributed by atoms with Crippen molar-refractivity contribution in [3.63, 3.8) is 0 Å². The summed E-state index contributed by atoms with van der Waals surface area (Å²) >= 11 is 9.60. The van der Waals surface area contributed by atoms with Gasteiger partial charge in [0.05, 0.1) is 17.2 Å². The van der Waals surface area contributed by atoms with Gasteiger partial charge >= 0.3 is 5.97 Å². The largest absolute Gasteiger partial charge is 0.452 e. The monoisotopic (exact) mass is 548 g/mol. The molecule has 10 heteroatoms. The highest BCUT2D eigenvalue weighted by Crippen LogP contribution is 2.30. The molecule has 0 unspecified atom stereocenters. The average Bonchev–Trinajstić information content (AvgIpc) is 3.13. The molecule has 0 atom stereocenters. The van der Waals surface area contributed by atoms with Crippen LogP contribution in [-0.4, -0.2) is 54.8 Å². The summed E-state index contributed by atoms with van der Waals surface area (Å²) in [7, 11) is 5.12. The number of methoxy groups -OCH3 is 1. The van der Waals surface area contributed by atoms with E-state index in [9.17, 15) is 9.59 Å². The third kappa shape index (κ3) is 5.78. The van der Waals surface area contributed by atoms with E-state index in [0.717, 1.165) is 4.47 Å². The standard InChI is InChI=1S/C24H26BrClN4O4/c1-24(2,14-33-5)34-22(32)19-20(27-21(31)17-12-11-15(25)13-18(17)26)28-23(29(3)4)30(19)16-9-7-6-8-10-16/h6-13H,14H2,1-5H3,(H,27,31). The van der Waals surface area contributed by atoms with Crippen molar-refractivity contribution < 1.29 is 19.1 Å². The van der Waals surface area contributed by atoms with Crippen LogP contribution in [0.15, 0.2) is 53.0 Å². The lowest BCUT2D eigenvalue weighted by atomic mass is 10.1. The van der Waals surface area contributed by atoms with Crippen molar-refractivity contribution in [1.29, 1.82) is 0 Å². The highest BCUT2D eigenvalue weighted by molar-refractivity contribution is 9.10. The number of nitrogens with zero attached hydrogens (tertiary/aromatic N) is 3. The number of esters is 1. The van der Waals surface area contributed by atoms with Crippen molar-refractivity contribution >= 4 is 51.2 Å². The Balaban J connectivity index is 2.14. The number of carbonyl (C=O) groups excluding carboxylic acids is 2. The Morgan fingerprint density at radius 3 is 2.44 bits per heavy atom. The molecule has 1 N–H and O–H groups in total. The van der Waals surface area contributed by atoms with Gasteiger partial charge in [-0.2, -0.15) is 4.98 Å². The molecule has 0 fully saturated rings. The van der Waals surface area contributed by atoms with Crippen molar-refractivity contribution in [1.82, 2.24) is 9.55 Å². The maximum Gasteiger partial charge on any atom is 0.359 e. The maximum absolute atomic E-state index is 13.5. The predicted octanol–water partition coefficient (Wildman–Crippen LogP) is 5.19. The molecule has 8 nitrogen and oxygen atoms in total. The molecule has 3 rings (SSSR count). The van der Waals surface area contributed by atoms with Crippen LogP contribution in [0.5, 0.6) is 0 Å². The zero-order chi connectivity index (χ0) is 25.0. The molecule has 0 aliphatic heterocycles. The lowest BCUT2D eigenvalue weighted by molar-refractivity contribution is -0.0370. The Bertz CT molecular complexity index is 1200. The minimum Gasteiger partial charge on any atom is -0.452 e. The second kappa shape index (κ2) is 10.6. The van der Waals surface area contributed by atoms with Crippen LogP contribution in [0.2, 0.25) is 5.02 Å². The van der Waals surface area contributed by atoms with Crippen LogP contribution in [0, 0.1) is 0 Å². The Morgan fingerprint density at radius 1 is 1.18 bits per heavy atom. The molecule has 0 radical (unpaired) electrons. The Kier molecular flexibility index (Phi) is 8.01. The van der Waals surface area contributed by atoms with Gasteiger partial charge in [0.1, 0.15) is 5.60 Å². The summed E-state index contributed by atoms with van der Waals surface area (Å²) in [6, 6.07) is 14.1. The number of para-hydroxylation sites is 1. The number of halogens is 2. The van der Waals surface area contributed by atoms with Crippen LogP contribution in [0.3, 0.4) is 0 Å². The van der Waals surface area contributed by atoms with E-state index in [-0.39, 0.29) is 28.7 Å². The second-order valence-corrected chi connectivity index (χ2v) is 9.66. The van der Waals surface area contributed by atoms with Crippen molar-refractivity contribution in [2.75, 3.05) is 38.0 Å². The lowest BCUT2D eigenvalue weighted by Crippen LogP contribution is -2.34. The van der Waals surface area contributed by atoms with Gasteiger partial charge in [0.15, 0.2) is 11.5 Å². The molecule has 180 valence electrons. The van der Waals surface area contributed by atoms with E-state index >= 15 is 0 Å². The van der Waals surface area contributed by atoms with Gasteiger partial charge in [-0.05, 0) is 44.2 Å². The first kappa shape index (κ1) is 25.7. The topological polar surface area (TPSA) is 85.7 Å². The zero-order valence-electron chi connectivity index (χ0n) is 19.6. The predicted molar refractivity (Wildman–Crippen MR) is 136 cm³/mol. The fourth-order valence-corrected chi connectivity index (χ4v) is 4.09. The molecule has 0 spiro atoms. The first-order chi connectivity index (χ1) is 16.0. The molecule has 0 saturated heterocycles. The molecule has 3 aromatic rings. The fourth-order valence-electron chi connectivity index (χ4n) is 3.33. The summed E-state index contributed by atoms with van der Waals surface area (Å²) in [5.74, 6) is -0.691. The van der Waals surface area contributed by atoms with Gasteiger partial charge in [0.2, 0.25) is 5.95 Å². The number of hydrogen-bond donors (Lipinski definition) is 1. The van der Waals surface area contributed by atoms with Crippen molar-refractivity contribution in [3.8, 4) is 5.69 Å². The molecule has 1 amide bonds. The van der Waals surface area contributed by atoms with Gasteiger partial charge < -0.3 is 19.7 Å². The summed E-state index contributed by atoms with van der Waals surface area (Å²) in [5, 5.41) is 3.00. The third-order valence-corrected chi connectivity index (χ3v) is 5.54. The van der Waals surface area contributed by atoms with E-state index in [1.54, 1.807) is 55.6 Å². The molecule has 0 saturated carbocycles. The summed E-state index contributed by atoms with van der Waals surface area (Å²) in [6.07, 6.45) is 0. The van der Waals surface area contributed by atoms with E-state index in [4.69, 9.17) is 21.1 Å². The van der Waals surface area contributed by atoms with Crippen LogP contribution < -0.4 is 10.2 Å². The molecule has 34 heavy (non-hydrogen) atoms. The number of aromatic nitrogens is 2. The number of carbonyl (C=O) groups is 2. The Morgan fingerprint density at radius 2 is 1.85 bits per heavy atom. The molecule has 0 aliphatic rings. The van der Waals surface area contributed by atoms with Gasteiger partial charge in [0, 0.05) is 31.4 Å². The smallest absolute Gasteiger partial charge is 0.359 e. The number of amides is 1. The number of nitrogens with one attached hydrogen (secondary N) is 1. The highest BCUT2D eigenvalue weighted by Gasteiger charge is 2.32. The number of anilines is 2.